The average Bonchev–Trinajstić information content (AvgIpc) is 2.80. The van der Waals surface area contributed by atoms with Gasteiger partial charge in [-0.3, -0.25) is 19.1 Å². The van der Waals surface area contributed by atoms with Gasteiger partial charge in [-0.15, -0.1) is 0 Å². The Morgan fingerprint density at radius 3 is 2.81 bits per heavy atom. The van der Waals surface area contributed by atoms with Gasteiger partial charge in [-0.25, -0.2) is 4.39 Å². The number of H-pyrrole nitrogens is 1. The number of nitrogens with one attached hydrogen (secondary N) is 1. The molecule has 152 valence electrons. The number of halogens is 1. The molecule has 0 aliphatic carbocycles. The summed E-state index contributed by atoms with van der Waals surface area (Å²) in [5.74, 6) is -4.41. The zero-order chi connectivity index (χ0) is 21.4. The van der Waals surface area contributed by atoms with Gasteiger partial charge in [-0.05, 0) is 18.1 Å². The molecule has 0 amide bonds. The van der Waals surface area contributed by atoms with Crippen molar-refractivity contribution in [1.29, 1.82) is 0 Å². The van der Waals surface area contributed by atoms with Gasteiger partial charge in [0.15, 0.2) is 17.6 Å². The number of aromatic amines is 1. The van der Waals surface area contributed by atoms with Crippen LogP contribution in [0.2, 0.25) is 0 Å². The van der Waals surface area contributed by atoms with Crippen LogP contribution in [0.4, 0.5) is 4.39 Å². The maximum atomic E-state index is 15.1. The van der Waals surface area contributed by atoms with Gasteiger partial charge >= 0.3 is 5.97 Å². The first-order chi connectivity index (χ1) is 12.9. The lowest BCUT2D eigenvalue weighted by molar-refractivity contribution is -0.217. The second kappa shape index (κ2) is 8.12. The molecule has 1 saturated heterocycles. The van der Waals surface area contributed by atoms with Gasteiger partial charge in [-0.2, -0.15) is 0 Å². The highest BCUT2D eigenvalue weighted by Gasteiger charge is 2.57. The normalized spacial score (nSPS) is 32.4. The molecule has 1 aromatic heterocycles. The lowest BCUT2D eigenvalue weighted by Crippen LogP contribution is -2.46. The van der Waals surface area contributed by atoms with E-state index in [4.69, 9.17) is 28.8 Å². The highest BCUT2D eigenvalue weighted by atomic mass is 32.1. The Hall–Kier alpha value is -1.70. The van der Waals surface area contributed by atoms with Crippen LogP contribution in [0.1, 0.15) is 27.0 Å². The van der Waals surface area contributed by atoms with Crippen LogP contribution in [-0.4, -0.2) is 61.6 Å². The van der Waals surface area contributed by atoms with Crippen molar-refractivity contribution in [2.45, 2.75) is 50.8 Å². The van der Waals surface area contributed by atoms with Crippen LogP contribution in [0.15, 0.2) is 11.0 Å². The number of carbonyl (C=O) groups excluding carboxylic acids is 1. The number of hydrogen-bond donors (Lipinski definition) is 5. The van der Waals surface area contributed by atoms with Crippen molar-refractivity contribution in [3.63, 3.8) is 0 Å². The molecule has 0 bridgehead atoms. The van der Waals surface area contributed by atoms with E-state index in [0.29, 0.717) is 4.57 Å². The minimum atomic E-state index is -3.15. The number of aliphatic hydroxyl groups excluding tert-OH is 3. The molecule has 1 aromatic rings. The molecule has 2 rings (SSSR count). The summed E-state index contributed by atoms with van der Waals surface area (Å²) in [6, 6.07) is -1.05. The molecule has 12 heteroatoms. The van der Waals surface area contributed by atoms with E-state index in [1.54, 1.807) is 13.8 Å². The van der Waals surface area contributed by atoms with Crippen LogP contribution in [0, 0.1) is 10.7 Å². The van der Waals surface area contributed by atoms with Gasteiger partial charge in [0.25, 0.3) is 11.4 Å². The highest BCUT2D eigenvalue weighted by Crippen LogP contribution is 2.38. The van der Waals surface area contributed by atoms with Crippen LogP contribution in [0.5, 0.6) is 0 Å². The van der Waals surface area contributed by atoms with Crippen molar-refractivity contribution < 1.29 is 35.3 Å². The number of rotatable bonds is 6. The number of hydrogen-bond acceptors (Lipinski definition) is 9. The second-order valence-corrected chi connectivity index (χ2v) is 6.82. The molecular formula is C15H22FN3O7S. The van der Waals surface area contributed by atoms with Crippen molar-refractivity contribution in [3.8, 4) is 0 Å². The highest BCUT2D eigenvalue weighted by molar-refractivity contribution is 7.71. The van der Waals surface area contributed by atoms with Crippen molar-refractivity contribution in [2.24, 2.45) is 11.7 Å². The Labute approximate surface area is 159 Å². The lowest BCUT2D eigenvalue weighted by atomic mass is 10.1. The van der Waals surface area contributed by atoms with Gasteiger partial charge in [-0.1, -0.05) is 13.8 Å². The van der Waals surface area contributed by atoms with Gasteiger partial charge in [0.05, 0.1) is 13.5 Å². The molecule has 0 saturated carbocycles. The smallest absolute Gasteiger partial charge is 0.323 e. The number of aliphatic hydroxyl groups is 3. The van der Waals surface area contributed by atoms with E-state index >= 15 is 4.39 Å². The number of esters is 1. The number of aromatic nitrogens is 2. The Bertz CT molecular complexity index is 865. The number of ether oxygens (including phenoxy) is 2. The summed E-state index contributed by atoms with van der Waals surface area (Å²) in [7, 11) is 0. The second-order valence-electron chi connectivity index (χ2n) is 6.44. The standard InChI is InChI=1S/C15H22FN3O7S/c1-6(2)8(17)13(24)25-5-15(16)10(22)9(21)12(26-15)19-3-7(4-20)11(23)18-14(19)27/h3,6,8-10,12,20-22H,4-5,17H2,1-2H3,(H,18,23,27)/t8-,9+,10-,12+,15+/m0/s1/i12D. The zero-order valence-electron chi connectivity index (χ0n) is 15.6. The predicted molar refractivity (Wildman–Crippen MR) is 91.6 cm³/mol. The molecule has 0 radical (unpaired) electrons. The molecule has 1 fully saturated rings. The van der Waals surface area contributed by atoms with Crippen molar-refractivity contribution in [3.05, 3.63) is 26.9 Å². The molecule has 2 heterocycles. The Morgan fingerprint density at radius 1 is 1.63 bits per heavy atom. The van der Waals surface area contributed by atoms with E-state index in [1.807, 2.05) is 0 Å². The molecule has 10 nitrogen and oxygen atoms in total. The van der Waals surface area contributed by atoms with Gasteiger partial charge in [0.1, 0.15) is 18.2 Å². The lowest BCUT2D eigenvalue weighted by Gasteiger charge is -2.24. The van der Waals surface area contributed by atoms with E-state index in [0.717, 1.165) is 6.20 Å². The molecule has 27 heavy (non-hydrogen) atoms. The summed E-state index contributed by atoms with van der Waals surface area (Å²) >= 11 is 4.90. The SMILES string of the molecule is [2H][C@@]1(n2cc(CO)c(=O)[nH]c2=S)O[C@](F)(COC(=O)[C@@H](N)C(C)C)[C@@H](O)[C@H]1O. The zero-order valence-corrected chi connectivity index (χ0v) is 15.4. The van der Waals surface area contributed by atoms with Crippen LogP contribution in [-0.2, 0) is 20.9 Å². The van der Waals surface area contributed by atoms with E-state index in [9.17, 15) is 24.9 Å². The Balaban J connectivity index is 2.34. The molecule has 0 spiro atoms. The molecule has 5 atom stereocenters. The maximum absolute atomic E-state index is 15.1. The van der Waals surface area contributed by atoms with E-state index in [1.165, 1.54) is 0 Å². The first-order valence-electron chi connectivity index (χ1n) is 8.51. The molecule has 1 aliphatic heterocycles. The molecular weight excluding hydrogens is 385 g/mol. The largest absolute Gasteiger partial charge is 0.458 e. The molecule has 1 aliphatic rings. The first kappa shape index (κ1) is 20.0. The van der Waals surface area contributed by atoms with Crippen molar-refractivity contribution in [2.75, 3.05) is 6.61 Å². The van der Waals surface area contributed by atoms with E-state index < -0.39 is 59.8 Å². The summed E-state index contributed by atoms with van der Waals surface area (Å²) in [5, 5.41) is 29.5. The summed E-state index contributed by atoms with van der Waals surface area (Å²) < 4.78 is 33.3. The summed E-state index contributed by atoms with van der Waals surface area (Å²) in [4.78, 5) is 25.6. The maximum Gasteiger partial charge on any atom is 0.323 e. The van der Waals surface area contributed by atoms with E-state index in [2.05, 4.69) is 4.98 Å². The van der Waals surface area contributed by atoms with E-state index in [-0.39, 0.29) is 11.5 Å². The molecule has 0 unspecified atom stereocenters. The van der Waals surface area contributed by atoms with Gasteiger partial charge < -0.3 is 30.5 Å². The fraction of sp³-hybridized carbons (Fsp3) is 0.667. The molecule has 0 aromatic carbocycles. The quantitative estimate of drug-likeness (QED) is 0.289. The summed E-state index contributed by atoms with van der Waals surface area (Å²) in [6.45, 7) is 1.42. The number of nitrogens with zero attached hydrogens (tertiary/aromatic N) is 1. The Kier molecular flexibility index (Phi) is 6.03. The monoisotopic (exact) mass is 408 g/mol. The predicted octanol–water partition coefficient (Wildman–Crippen LogP) is -1.16. The fourth-order valence-electron chi connectivity index (χ4n) is 2.30. The number of alkyl halides is 1. The minimum Gasteiger partial charge on any atom is -0.458 e. The summed E-state index contributed by atoms with van der Waals surface area (Å²) in [6.07, 6.45) is -6.29. The third-order valence-electron chi connectivity index (χ3n) is 4.09. The topological polar surface area (TPSA) is 160 Å². The molecule has 6 N–H and O–H groups in total. The van der Waals surface area contributed by atoms with Crippen molar-refractivity contribution in [1.82, 2.24) is 9.55 Å². The fourth-order valence-corrected chi connectivity index (χ4v) is 2.53. The van der Waals surface area contributed by atoms with Crippen LogP contribution >= 0.6 is 12.2 Å². The third-order valence-corrected chi connectivity index (χ3v) is 4.39. The minimum absolute atomic E-state index is 0.240. The van der Waals surface area contributed by atoms with Gasteiger partial charge in [0.2, 0.25) is 0 Å². The van der Waals surface area contributed by atoms with Crippen LogP contribution in [0.25, 0.3) is 0 Å². The average molecular weight is 408 g/mol. The number of carbonyl (C=O) groups is 1. The third kappa shape index (κ3) is 4.25. The summed E-state index contributed by atoms with van der Waals surface area (Å²) in [5.41, 5.74) is 4.61. The van der Waals surface area contributed by atoms with Crippen molar-refractivity contribution >= 4 is 18.2 Å². The van der Waals surface area contributed by atoms with Gasteiger partial charge in [0, 0.05) is 6.20 Å². The first-order valence-corrected chi connectivity index (χ1v) is 8.42. The van der Waals surface area contributed by atoms with Crippen LogP contribution < -0.4 is 11.3 Å². The number of nitrogens with two attached hydrogens (primary N) is 1. The Morgan fingerprint density at radius 2 is 2.26 bits per heavy atom. The van der Waals surface area contributed by atoms with Crippen LogP contribution in [0.3, 0.4) is 0 Å².